The molecule has 23 heavy (non-hydrogen) atoms. The predicted octanol–water partition coefficient (Wildman–Crippen LogP) is 5.89. The van der Waals surface area contributed by atoms with Crippen LogP contribution in [0.25, 0.3) is 0 Å². The minimum Gasteiger partial charge on any atom is -0.353 e. The Kier molecular flexibility index (Phi) is 3.71. The molecule has 0 saturated carbocycles. The molecule has 0 fully saturated rings. The zero-order valence-electron chi connectivity index (χ0n) is 12.0. The molecule has 0 spiro atoms. The third-order valence-electron chi connectivity index (χ3n) is 3.74. The molecule has 4 rings (SSSR count). The molecule has 4 heteroatoms. The Morgan fingerprint density at radius 2 is 1.61 bits per heavy atom. The van der Waals surface area contributed by atoms with E-state index < -0.39 is 0 Å². The van der Waals surface area contributed by atoms with Crippen LogP contribution in [0.4, 0.5) is 11.4 Å². The fourth-order valence-electron chi connectivity index (χ4n) is 2.60. The van der Waals surface area contributed by atoms with Crippen LogP contribution in [0, 0.1) is 0 Å². The van der Waals surface area contributed by atoms with Gasteiger partial charge in [0, 0.05) is 25.4 Å². The van der Waals surface area contributed by atoms with Gasteiger partial charge >= 0.3 is 0 Å². The predicted molar refractivity (Wildman–Crippen MR) is 97.9 cm³/mol. The monoisotopic (exact) mass is 381 g/mol. The normalized spacial score (nSPS) is 12.0. The second-order valence-corrected chi connectivity index (χ2v) is 7.24. The van der Waals surface area contributed by atoms with Crippen molar-refractivity contribution in [3.8, 4) is 0 Å². The fourth-order valence-corrected chi connectivity index (χ4v) is 3.89. The van der Waals surface area contributed by atoms with Crippen LogP contribution in [0.1, 0.15) is 15.9 Å². The fraction of sp³-hybridized carbons (Fsp3) is 0. The number of hydrogen-bond donors (Lipinski definition) is 1. The van der Waals surface area contributed by atoms with Gasteiger partial charge in [-0.25, -0.2) is 0 Å². The summed E-state index contributed by atoms with van der Waals surface area (Å²) < 4.78 is 0.965. The van der Waals surface area contributed by atoms with Crippen LogP contribution < -0.4 is 5.32 Å². The smallest absolute Gasteiger partial charge is 0.195 e. The molecule has 2 nitrogen and oxygen atoms in total. The van der Waals surface area contributed by atoms with E-state index in [1.54, 1.807) is 11.8 Å². The summed E-state index contributed by atoms with van der Waals surface area (Å²) in [5.41, 5.74) is 3.32. The van der Waals surface area contributed by atoms with Gasteiger partial charge in [0.2, 0.25) is 0 Å². The van der Waals surface area contributed by atoms with Crippen molar-refractivity contribution in [2.75, 3.05) is 5.32 Å². The van der Waals surface area contributed by atoms with Crippen LogP contribution in [-0.2, 0) is 0 Å². The number of rotatable bonds is 2. The number of anilines is 2. The molecule has 1 N–H and O–H groups in total. The Morgan fingerprint density at radius 3 is 2.43 bits per heavy atom. The average Bonchev–Trinajstić information content (AvgIpc) is 2.59. The highest BCUT2D eigenvalue weighted by Gasteiger charge is 2.21. The first-order valence-corrected chi connectivity index (χ1v) is 8.80. The summed E-state index contributed by atoms with van der Waals surface area (Å²) in [6, 6.07) is 21.5. The quantitative estimate of drug-likeness (QED) is 0.439. The molecule has 0 saturated heterocycles. The van der Waals surface area contributed by atoms with E-state index in [9.17, 15) is 4.79 Å². The molecule has 0 radical (unpaired) electrons. The Balaban J connectivity index is 1.77. The highest BCUT2D eigenvalue weighted by atomic mass is 79.9. The van der Waals surface area contributed by atoms with E-state index in [-0.39, 0.29) is 5.78 Å². The molecule has 3 aromatic carbocycles. The third-order valence-corrected chi connectivity index (χ3v) is 5.41. The SMILES string of the molecule is O=C(c1ccc(Br)cc1)c1cccc2c1Nc1ccccc1S2. The number of hydrogen-bond acceptors (Lipinski definition) is 3. The van der Waals surface area contributed by atoms with E-state index in [1.807, 2.05) is 60.7 Å². The van der Waals surface area contributed by atoms with Crippen molar-refractivity contribution in [1.82, 2.24) is 0 Å². The number of halogens is 1. The maximum Gasteiger partial charge on any atom is 0.195 e. The van der Waals surface area contributed by atoms with E-state index in [4.69, 9.17) is 0 Å². The number of nitrogens with one attached hydrogen (secondary N) is 1. The molecule has 0 bridgehead atoms. The first kappa shape index (κ1) is 14.5. The lowest BCUT2D eigenvalue weighted by atomic mass is 10.0. The van der Waals surface area contributed by atoms with E-state index in [1.165, 1.54) is 4.90 Å². The van der Waals surface area contributed by atoms with E-state index in [0.717, 1.165) is 20.7 Å². The summed E-state index contributed by atoms with van der Waals surface area (Å²) in [6.45, 7) is 0. The van der Waals surface area contributed by atoms with E-state index in [2.05, 4.69) is 27.3 Å². The molecular formula is C19H12BrNOS. The molecule has 0 aromatic heterocycles. The van der Waals surface area contributed by atoms with E-state index in [0.29, 0.717) is 11.1 Å². The average molecular weight is 382 g/mol. The van der Waals surface area contributed by atoms with Gasteiger partial charge in [0.15, 0.2) is 5.78 Å². The molecular weight excluding hydrogens is 370 g/mol. The summed E-state index contributed by atoms with van der Waals surface area (Å²) >= 11 is 5.09. The summed E-state index contributed by atoms with van der Waals surface area (Å²) in [5, 5.41) is 3.42. The van der Waals surface area contributed by atoms with Crippen LogP contribution in [0.2, 0.25) is 0 Å². The summed E-state index contributed by atoms with van der Waals surface area (Å²) in [6.07, 6.45) is 0. The molecule has 1 aliphatic heterocycles. The zero-order chi connectivity index (χ0) is 15.8. The van der Waals surface area contributed by atoms with Crippen molar-refractivity contribution in [1.29, 1.82) is 0 Å². The molecule has 0 unspecified atom stereocenters. The lowest BCUT2D eigenvalue weighted by molar-refractivity contribution is 0.103. The van der Waals surface area contributed by atoms with Gasteiger partial charge in [0.05, 0.1) is 11.4 Å². The Labute approximate surface area is 147 Å². The highest BCUT2D eigenvalue weighted by Crippen LogP contribution is 2.45. The number of ketones is 1. The third kappa shape index (κ3) is 2.69. The number of carbonyl (C=O) groups is 1. The van der Waals surface area contributed by atoms with Gasteiger partial charge in [-0.15, -0.1) is 0 Å². The molecule has 112 valence electrons. The molecule has 0 aliphatic carbocycles. The summed E-state index contributed by atoms with van der Waals surface area (Å²) in [4.78, 5) is 15.1. The number of carbonyl (C=O) groups excluding carboxylic acids is 1. The van der Waals surface area contributed by atoms with Crippen LogP contribution in [0.15, 0.2) is 81.0 Å². The van der Waals surface area contributed by atoms with E-state index >= 15 is 0 Å². The second kappa shape index (κ2) is 5.87. The summed E-state index contributed by atoms with van der Waals surface area (Å²) in [7, 11) is 0. The van der Waals surface area contributed by atoms with Crippen molar-refractivity contribution >= 4 is 44.8 Å². The maximum atomic E-state index is 12.9. The highest BCUT2D eigenvalue weighted by molar-refractivity contribution is 9.10. The molecule has 3 aromatic rings. The van der Waals surface area contributed by atoms with Gasteiger partial charge in [0.1, 0.15) is 0 Å². The number of fused-ring (bicyclic) bond motifs is 2. The number of para-hydroxylation sites is 2. The maximum absolute atomic E-state index is 12.9. The van der Waals surface area contributed by atoms with Gasteiger partial charge in [0.25, 0.3) is 0 Å². The van der Waals surface area contributed by atoms with Crippen LogP contribution in [0.3, 0.4) is 0 Å². The van der Waals surface area contributed by atoms with Gasteiger partial charge in [-0.05, 0) is 48.5 Å². The first-order valence-electron chi connectivity index (χ1n) is 7.19. The van der Waals surface area contributed by atoms with Crippen molar-refractivity contribution in [3.05, 3.63) is 82.3 Å². The summed E-state index contributed by atoms with van der Waals surface area (Å²) in [5.74, 6) is 0.0295. The van der Waals surface area contributed by atoms with Crippen LogP contribution >= 0.6 is 27.7 Å². The molecule has 1 aliphatic rings. The standard InChI is InChI=1S/C19H12BrNOS/c20-13-10-8-12(9-11-13)19(22)14-4-3-7-17-18(14)21-15-5-1-2-6-16(15)23-17/h1-11,21H. The minimum absolute atomic E-state index is 0.0295. The minimum atomic E-state index is 0.0295. The van der Waals surface area contributed by atoms with Gasteiger partial charge in [-0.1, -0.05) is 45.9 Å². The lowest BCUT2D eigenvalue weighted by Crippen LogP contribution is -2.09. The topological polar surface area (TPSA) is 29.1 Å². The molecule has 1 heterocycles. The van der Waals surface area contributed by atoms with Crippen molar-refractivity contribution in [3.63, 3.8) is 0 Å². The van der Waals surface area contributed by atoms with Gasteiger partial charge < -0.3 is 5.32 Å². The van der Waals surface area contributed by atoms with Crippen molar-refractivity contribution in [2.45, 2.75) is 9.79 Å². The lowest BCUT2D eigenvalue weighted by Gasteiger charge is -2.22. The van der Waals surface area contributed by atoms with Crippen LogP contribution in [-0.4, -0.2) is 5.78 Å². The molecule has 0 atom stereocenters. The Morgan fingerprint density at radius 1 is 0.870 bits per heavy atom. The zero-order valence-corrected chi connectivity index (χ0v) is 14.4. The van der Waals surface area contributed by atoms with Crippen molar-refractivity contribution in [2.24, 2.45) is 0 Å². The Bertz CT molecular complexity index is 905. The first-order chi connectivity index (χ1) is 11.2. The molecule has 0 amide bonds. The Hall–Kier alpha value is -2.04. The second-order valence-electron chi connectivity index (χ2n) is 5.24. The largest absolute Gasteiger partial charge is 0.353 e. The van der Waals surface area contributed by atoms with Crippen LogP contribution in [0.5, 0.6) is 0 Å². The van der Waals surface area contributed by atoms with Gasteiger partial charge in [-0.2, -0.15) is 0 Å². The van der Waals surface area contributed by atoms with Gasteiger partial charge in [-0.3, -0.25) is 4.79 Å². The van der Waals surface area contributed by atoms with Crippen molar-refractivity contribution < 1.29 is 4.79 Å². The number of benzene rings is 3.